The topological polar surface area (TPSA) is 44.1 Å². The molecule has 15 heavy (non-hydrogen) atoms. The van der Waals surface area contributed by atoms with E-state index in [9.17, 15) is 13.6 Å². The number of nitriles is 1. The molecule has 1 saturated carbocycles. The van der Waals surface area contributed by atoms with Crippen LogP contribution in [0.1, 0.15) is 19.3 Å². The van der Waals surface area contributed by atoms with Crippen LogP contribution in [0.3, 0.4) is 0 Å². The molecule has 0 bridgehead atoms. The molecule has 1 heterocycles. The van der Waals surface area contributed by atoms with Crippen LogP contribution < -0.4 is 0 Å². The van der Waals surface area contributed by atoms with Crippen molar-refractivity contribution in [3.8, 4) is 6.07 Å². The van der Waals surface area contributed by atoms with Gasteiger partial charge in [-0.15, -0.1) is 0 Å². The molecule has 1 amide bonds. The van der Waals surface area contributed by atoms with Crippen molar-refractivity contribution in [2.45, 2.75) is 25.2 Å². The molecular formula is C10H12F2N2O. The molecule has 2 rings (SSSR count). The van der Waals surface area contributed by atoms with Gasteiger partial charge in [0.15, 0.2) is 0 Å². The van der Waals surface area contributed by atoms with Gasteiger partial charge in [0.25, 0.3) is 5.92 Å². The molecule has 3 nitrogen and oxygen atoms in total. The molecule has 0 aromatic carbocycles. The normalized spacial score (nSPS) is 32.5. The average Bonchev–Trinajstić information content (AvgIpc) is 2.68. The second kappa shape index (κ2) is 3.44. The molecule has 0 aromatic heterocycles. The number of amides is 1. The van der Waals surface area contributed by atoms with Crippen LogP contribution in [-0.4, -0.2) is 29.8 Å². The zero-order valence-corrected chi connectivity index (χ0v) is 8.25. The van der Waals surface area contributed by atoms with E-state index in [0.717, 1.165) is 0 Å². The fourth-order valence-corrected chi connectivity index (χ4v) is 2.59. The summed E-state index contributed by atoms with van der Waals surface area (Å²) in [4.78, 5) is 12.8. The Morgan fingerprint density at radius 1 is 1.53 bits per heavy atom. The third-order valence-electron chi connectivity index (χ3n) is 3.41. The molecule has 5 heteroatoms. The van der Waals surface area contributed by atoms with Crippen LogP contribution in [0.15, 0.2) is 0 Å². The van der Waals surface area contributed by atoms with Gasteiger partial charge in [0.05, 0.1) is 6.07 Å². The first-order valence-corrected chi connectivity index (χ1v) is 5.07. The summed E-state index contributed by atoms with van der Waals surface area (Å²) < 4.78 is 26.6. The van der Waals surface area contributed by atoms with Gasteiger partial charge in [0, 0.05) is 25.4 Å². The van der Waals surface area contributed by atoms with Gasteiger partial charge in [-0.1, -0.05) is 0 Å². The van der Waals surface area contributed by atoms with Crippen molar-refractivity contribution < 1.29 is 13.6 Å². The summed E-state index contributed by atoms with van der Waals surface area (Å²) in [6.07, 6.45) is 0.238. The van der Waals surface area contributed by atoms with Gasteiger partial charge in [-0.3, -0.25) is 4.79 Å². The summed E-state index contributed by atoms with van der Waals surface area (Å²) in [6, 6.07) is 1.75. The molecule has 0 N–H and O–H groups in total. The number of carbonyl (C=O) groups excluding carboxylic acids is 1. The van der Waals surface area contributed by atoms with E-state index in [1.54, 1.807) is 6.07 Å². The number of carbonyl (C=O) groups is 1. The van der Waals surface area contributed by atoms with Crippen molar-refractivity contribution in [1.29, 1.82) is 5.26 Å². The Balaban J connectivity index is 2.02. The number of nitrogens with zero attached hydrogens (tertiary/aromatic N) is 2. The van der Waals surface area contributed by atoms with Crippen LogP contribution in [0.2, 0.25) is 0 Å². The number of alkyl halides is 2. The fourth-order valence-electron chi connectivity index (χ4n) is 2.59. The van der Waals surface area contributed by atoms with Crippen molar-refractivity contribution >= 4 is 5.91 Å². The Kier molecular flexibility index (Phi) is 2.37. The first-order chi connectivity index (χ1) is 7.04. The molecule has 2 aliphatic rings. The third kappa shape index (κ3) is 1.69. The Hall–Kier alpha value is -1.18. The van der Waals surface area contributed by atoms with Crippen molar-refractivity contribution in [2.24, 2.45) is 11.8 Å². The first-order valence-electron chi connectivity index (χ1n) is 5.07. The summed E-state index contributed by atoms with van der Waals surface area (Å²) in [5.41, 5.74) is 0. The highest BCUT2D eigenvalue weighted by atomic mass is 19.3. The largest absolute Gasteiger partial charge is 0.341 e. The number of likely N-dealkylation sites (tertiary alicyclic amines) is 1. The molecule has 1 aliphatic carbocycles. The predicted molar refractivity (Wildman–Crippen MR) is 48.0 cm³/mol. The van der Waals surface area contributed by atoms with Crippen molar-refractivity contribution in [2.75, 3.05) is 13.1 Å². The Labute approximate surface area is 86.7 Å². The summed E-state index contributed by atoms with van der Waals surface area (Å²) >= 11 is 0. The molecule has 0 spiro atoms. The van der Waals surface area contributed by atoms with E-state index in [-0.39, 0.29) is 31.2 Å². The van der Waals surface area contributed by atoms with E-state index < -0.39 is 11.8 Å². The lowest BCUT2D eigenvalue weighted by Gasteiger charge is -2.19. The number of rotatable bonds is 1. The highest BCUT2D eigenvalue weighted by Crippen LogP contribution is 2.48. The highest BCUT2D eigenvalue weighted by Gasteiger charge is 2.54. The molecule has 0 aromatic rings. The van der Waals surface area contributed by atoms with E-state index in [0.29, 0.717) is 13.0 Å². The molecule has 1 aliphatic heterocycles. The summed E-state index contributed by atoms with van der Waals surface area (Å²) in [5, 5.41) is 8.36. The van der Waals surface area contributed by atoms with Crippen LogP contribution in [0.5, 0.6) is 0 Å². The maximum atomic E-state index is 13.3. The fraction of sp³-hybridized carbons (Fsp3) is 0.800. The van der Waals surface area contributed by atoms with Crippen LogP contribution in [0, 0.1) is 23.2 Å². The summed E-state index contributed by atoms with van der Waals surface area (Å²) in [5.74, 6) is -3.68. The van der Waals surface area contributed by atoms with Crippen molar-refractivity contribution in [3.63, 3.8) is 0 Å². The van der Waals surface area contributed by atoms with Crippen LogP contribution in [-0.2, 0) is 4.79 Å². The minimum atomic E-state index is -2.62. The monoisotopic (exact) mass is 214 g/mol. The molecule has 2 fully saturated rings. The van der Waals surface area contributed by atoms with Crippen molar-refractivity contribution in [1.82, 2.24) is 4.90 Å². The quantitative estimate of drug-likeness (QED) is 0.662. The van der Waals surface area contributed by atoms with Gasteiger partial charge in [-0.25, -0.2) is 8.78 Å². The lowest BCUT2D eigenvalue weighted by molar-refractivity contribution is -0.130. The Bertz CT molecular complexity index is 324. The van der Waals surface area contributed by atoms with E-state index in [1.165, 1.54) is 4.90 Å². The Morgan fingerprint density at radius 2 is 2.27 bits per heavy atom. The number of fused-ring (bicyclic) bond motifs is 1. The van der Waals surface area contributed by atoms with E-state index in [2.05, 4.69) is 0 Å². The van der Waals surface area contributed by atoms with Gasteiger partial charge in [-0.2, -0.15) is 5.26 Å². The van der Waals surface area contributed by atoms with Gasteiger partial charge in [0.2, 0.25) is 5.91 Å². The number of halogens is 2. The van der Waals surface area contributed by atoms with Gasteiger partial charge < -0.3 is 4.90 Å². The number of hydrogen-bond donors (Lipinski definition) is 0. The SMILES string of the molecule is N#CCC(=O)N1CC2CCC(F)(F)C2C1. The lowest BCUT2D eigenvalue weighted by atomic mass is 9.99. The van der Waals surface area contributed by atoms with Crippen molar-refractivity contribution in [3.05, 3.63) is 0 Å². The maximum absolute atomic E-state index is 13.3. The Morgan fingerprint density at radius 3 is 2.87 bits per heavy atom. The van der Waals surface area contributed by atoms with Gasteiger partial charge in [-0.05, 0) is 12.3 Å². The second-order valence-electron chi connectivity index (χ2n) is 4.30. The predicted octanol–water partition coefficient (Wildman–Crippen LogP) is 1.40. The smallest absolute Gasteiger partial charge is 0.252 e. The molecule has 1 saturated heterocycles. The summed E-state index contributed by atoms with van der Waals surface area (Å²) in [6.45, 7) is 0.527. The van der Waals surface area contributed by atoms with Crippen LogP contribution >= 0.6 is 0 Å². The second-order valence-corrected chi connectivity index (χ2v) is 4.30. The minimum absolute atomic E-state index is 0.0530. The third-order valence-corrected chi connectivity index (χ3v) is 3.41. The van der Waals surface area contributed by atoms with Crippen LogP contribution in [0.4, 0.5) is 8.78 Å². The van der Waals surface area contributed by atoms with Gasteiger partial charge >= 0.3 is 0 Å². The zero-order chi connectivity index (χ0) is 11.1. The highest BCUT2D eigenvalue weighted by molar-refractivity contribution is 5.78. The van der Waals surface area contributed by atoms with Crippen LogP contribution in [0.25, 0.3) is 0 Å². The standard InChI is InChI=1S/C10H12F2N2O/c11-10(12)3-1-7-5-14(6-8(7)10)9(15)2-4-13/h7-8H,1-3,5-6H2. The summed E-state index contributed by atoms with van der Waals surface area (Å²) in [7, 11) is 0. The van der Waals surface area contributed by atoms with E-state index >= 15 is 0 Å². The molecule has 2 atom stereocenters. The molecule has 2 unspecified atom stereocenters. The molecule has 82 valence electrons. The molecular weight excluding hydrogens is 202 g/mol. The maximum Gasteiger partial charge on any atom is 0.252 e. The average molecular weight is 214 g/mol. The zero-order valence-electron chi connectivity index (χ0n) is 8.25. The van der Waals surface area contributed by atoms with Gasteiger partial charge in [0.1, 0.15) is 6.42 Å². The van der Waals surface area contributed by atoms with E-state index in [1.807, 2.05) is 0 Å². The first kappa shape index (κ1) is 10.3. The van der Waals surface area contributed by atoms with E-state index in [4.69, 9.17) is 5.26 Å². The molecule has 0 radical (unpaired) electrons. The minimum Gasteiger partial charge on any atom is -0.341 e. The lowest BCUT2D eigenvalue weighted by Crippen LogP contribution is -2.32. The number of hydrogen-bond acceptors (Lipinski definition) is 2.